The van der Waals surface area contributed by atoms with Gasteiger partial charge in [-0.2, -0.15) is 13.2 Å². The van der Waals surface area contributed by atoms with Crippen LogP contribution in [0.15, 0.2) is 82.9 Å². The fourth-order valence-corrected chi connectivity index (χ4v) is 4.34. The number of carbonyl (C=O) groups is 1. The van der Waals surface area contributed by atoms with Gasteiger partial charge < -0.3 is 19.9 Å². The van der Waals surface area contributed by atoms with E-state index in [1.807, 2.05) is 0 Å². The van der Waals surface area contributed by atoms with Crippen LogP contribution in [0, 0.1) is 0 Å². The number of rotatable bonds is 12. The predicted molar refractivity (Wildman–Crippen MR) is 145 cm³/mol. The molecule has 0 saturated carbocycles. The largest absolute Gasteiger partial charge is 0.494 e. The average Bonchev–Trinajstić information content (AvgIpc) is 3.41. The molecular weight excluding hydrogens is 539 g/mol. The Hall–Kier alpha value is -4.54. The van der Waals surface area contributed by atoms with Gasteiger partial charge in [-0.25, -0.2) is 4.99 Å². The summed E-state index contributed by atoms with van der Waals surface area (Å²) in [6.07, 6.45) is -3.91. The van der Waals surface area contributed by atoms with E-state index in [0.29, 0.717) is 29.9 Å². The van der Waals surface area contributed by atoms with E-state index >= 15 is 0 Å². The van der Waals surface area contributed by atoms with Crippen molar-refractivity contribution in [3.05, 3.63) is 111 Å². The zero-order valence-electron chi connectivity index (χ0n) is 22.0. The molecule has 3 aromatic rings. The average molecular weight is 568 g/mol. The van der Waals surface area contributed by atoms with Gasteiger partial charge in [0, 0.05) is 36.5 Å². The second-order valence-corrected chi connectivity index (χ2v) is 9.40. The third-order valence-corrected chi connectivity index (χ3v) is 6.47. The van der Waals surface area contributed by atoms with Gasteiger partial charge in [-0.05, 0) is 58.6 Å². The van der Waals surface area contributed by atoms with Crippen molar-refractivity contribution in [1.82, 2.24) is 5.32 Å². The molecule has 0 spiro atoms. The number of nitrogens with one attached hydrogen (secondary N) is 1. The van der Waals surface area contributed by atoms with Crippen molar-refractivity contribution in [2.24, 2.45) is 10.1 Å². The molecule has 2 N–H and O–H groups in total. The van der Waals surface area contributed by atoms with Gasteiger partial charge in [-0.15, -0.1) is 0 Å². The minimum atomic E-state index is -4.51. The van der Waals surface area contributed by atoms with E-state index in [0.717, 1.165) is 17.7 Å². The molecule has 0 saturated heterocycles. The summed E-state index contributed by atoms with van der Waals surface area (Å²) in [6.45, 7) is 0.199. The molecule has 1 amide bonds. The Morgan fingerprint density at radius 1 is 1.12 bits per heavy atom. The van der Waals surface area contributed by atoms with Crippen molar-refractivity contribution in [2.45, 2.75) is 37.6 Å². The molecule has 4 rings (SSSR count). The normalized spacial score (nSPS) is 16.3. The van der Waals surface area contributed by atoms with Crippen LogP contribution in [0.25, 0.3) is 10.4 Å². The van der Waals surface area contributed by atoms with Crippen LogP contribution in [0.2, 0.25) is 0 Å². The van der Waals surface area contributed by atoms with Crippen molar-refractivity contribution in [2.75, 3.05) is 19.8 Å². The topological polar surface area (TPSA) is 129 Å². The number of hydrogen-bond acceptors (Lipinski definition) is 6. The molecule has 9 nitrogen and oxygen atoms in total. The van der Waals surface area contributed by atoms with E-state index in [-0.39, 0.29) is 44.2 Å². The van der Waals surface area contributed by atoms with Crippen LogP contribution in [0.4, 0.5) is 13.2 Å². The molecule has 0 bridgehead atoms. The minimum absolute atomic E-state index is 0.0205. The summed E-state index contributed by atoms with van der Waals surface area (Å²) < 4.78 is 51.0. The molecule has 1 heterocycles. The van der Waals surface area contributed by atoms with Crippen LogP contribution in [0.1, 0.15) is 34.2 Å². The molecule has 1 aliphatic rings. The van der Waals surface area contributed by atoms with Gasteiger partial charge in [-0.3, -0.25) is 4.79 Å². The summed E-state index contributed by atoms with van der Waals surface area (Å²) in [5.41, 5.74) is 8.87. The molecule has 1 aliphatic heterocycles. The Morgan fingerprint density at radius 3 is 2.59 bits per heavy atom. The molecule has 12 heteroatoms. The quantitative estimate of drug-likeness (QED) is 0.132. The Morgan fingerprint density at radius 2 is 1.88 bits per heavy atom. The Labute approximate surface area is 234 Å². The van der Waals surface area contributed by atoms with Gasteiger partial charge in [0.25, 0.3) is 5.91 Å². The van der Waals surface area contributed by atoms with E-state index in [4.69, 9.17) is 25.1 Å². The maximum atomic E-state index is 13.7. The Balaban J connectivity index is 1.61. The molecule has 3 aromatic carbocycles. The lowest BCUT2D eigenvalue weighted by Gasteiger charge is -2.24. The second-order valence-electron chi connectivity index (χ2n) is 9.40. The summed E-state index contributed by atoms with van der Waals surface area (Å²) in [5.74, 6) is 0.305. The number of ether oxygens (including phenoxy) is 2. The standard InChI is InChI=1S/C29H28F3N5O4/c30-29(31,32)24-8-3-5-20(15-24)17-34-27(39)28(16-22-6-1-2-7-23(22)18-35-37-33)19-41-26(36-28)21-9-11-25(12-10-21)40-14-4-13-38/h1-3,5-12,15,38H,4,13-14,16-19H2,(H,34,39)/t28-/m1/s1. The maximum absolute atomic E-state index is 13.7. The number of halogens is 3. The van der Waals surface area contributed by atoms with Crippen LogP contribution >= 0.6 is 0 Å². The molecule has 214 valence electrons. The first kappa shape index (κ1) is 29.4. The zero-order chi connectivity index (χ0) is 29.3. The van der Waals surface area contributed by atoms with E-state index in [2.05, 4.69) is 15.3 Å². The highest BCUT2D eigenvalue weighted by atomic mass is 19.4. The van der Waals surface area contributed by atoms with Crippen molar-refractivity contribution >= 4 is 11.8 Å². The SMILES string of the molecule is [N-]=[N+]=NCc1ccccc1C[C@]1(C(=O)NCc2cccc(C(F)(F)F)c2)COC(c2ccc(OCCCO)cc2)=N1. The molecule has 0 fully saturated rings. The number of aliphatic hydroxyl groups is 1. The van der Waals surface area contributed by atoms with Crippen molar-refractivity contribution in [3.63, 3.8) is 0 Å². The van der Waals surface area contributed by atoms with Gasteiger partial charge in [0.1, 0.15) is 12.4 Å². The van der Waals surface area contributed by atoms with Crippen LogP contribution < -0.4 is 10.1 Å². The van der Waals surface area contributed by atoms with Gasteiger partial charge in [-0.1, -0.05) is 41.5 Å². The van der Waals surface area contributed by atoms with Crippen LogP contribution in [0.3, 0.4) is 0 Å². The smallest absolute Gasteiger partial charge is 0.416 e. The van der Waals surface area contributed by atoms with Gasteiger partial charge in [0.05, 0.1) is 18.7 Å². The molecule has 1 atom stereocenters. The number of aliphatic imine (C=N–C) groups is 1. The van der Waals surface area contributed by atoms with Crippen molar-refractivity contribution in [1.29, 1.82) is 0 Å². The third kappa shape index (κ3) is 7.56. The fraction of sp³-hybridized carbons (Fsp3) is 0.310. The summed E-state index contributed by atoms with van der Waals surface area (Å²) in [7, 11) is 0. The van der Waals surface area contributed by atoms with Gasteiger partial charge >= 0.3 is 6.18 Å². The third-order valence-electron chi connectivity index (χ3n) is 6.47. The van der Waals surface area contributed by atoms with Crippen molar-refractivity contribution < 1.29 is 32.5 Å². The first-order valence-electron chi connectivity index (χ1n) is 12.8. The number of hydrogen-bond donors (Lipinski definition) is 2. The summed E-state index contributed by atoms with van der Waals surface area (Å²) in [6, 6.07) is 18.8. The number of carbonyl (C=O) groups excluding carboxylic acids is 1. The molecule has 0 aliphatic carbocycles. The molecular formula is C29H28F3N5O4. The molecule has 0 aromatic heterocycles. The van der Waals surface area contributed by atoms with Crippen LogP contribution in [-0.2, 0) is 35.2 Å². The highest BCUT2D eigenvalue weighted by Crippen LogP contribution is 2.31. The van der Waals surface area contributed by atoms with E-state index in [1.54, 1.807) is 48.5 Å². The van der Waals surface area contributed by atoms with Gasteiger partial charge in [0.2, 0.25) is 5.90 Å². The number of amides is 1. The lowest BCUT2D eigenvalue weighted by Crippen LogP contribution is -2.48. The number of benzene rings is 3. The van der Waals surface area contributed by atoms with Crippen molar-refractivity contribution in [3.8, 4) is 5.75 Å². The fourth-order valence-electron chi connectivity index (χ4n) is 4.34. The summed E-state index contributed by atoms with van der Waals surface area (Å²) >= 11 is 0. The Bertz CT molecular complexity index is 1440. The lowest BCUT2D eigenvalue weighted by molar-refractivity contribution is -0.137. The van der Waals surface area contributed by atoms with E-state index in [1.165, 1.54) is 12.1 Å². The molecule has 0 unspecified atom stereocenters. The van der Waals surface area contributed by atoms with E-state index in [9.17, 15) is 18.0 Å². The van der Waals surface area contributed by atoms with E-state index < -0.39 is 23.2 Å². The lowest BCUT2D eigenvalue weighted by atomic mass is 9.89. The highest BCUT2D eigenvalue weighted by molar-refractivity contribution is 6.00. The zero-order valence-corrected chi connectivity index (χ0v) is 22.0. The maximum Gasteiger partial charge on any atom is 0.416 e. The predicted octanol–water partition coefficient (Wildman–Crippen LogP) is 5.35. The number of alkyl halides is 3. The first-order chi connectivity index (χ1) is 19.7. The first-order valence-corrected chi connectivity index (χ1v) is 12.8. The highest BCUT2D eigenvalue weighted by Gasteiger charge is 2.44. The molecule has 0 radical (unpaired) electrons. The summed E-state index contributed by atoms with van der Waals surface area (Å²) in [4.78, 5) is 21.2. The van der Waals surface area contributed by atoms with Crippen LogP contribution in [0.5, 0.6) is 5.75 Å². The number of nitrogens with zero attached hydrogens (tertiary/aromatic N) is 4. The number of aliphatic hydroxyl groups excluding tert-OH is 1. The monoisotopic (exact) mass is 567 g/mol. The van der Waals surface area contributed by atoms with Gasteiger partial charge in [0.15, 0.2) is 5.54 Å². The summed E-state index contributed by atoms with van der Waals surface area (Å²) in [5, 5.41) is 15.3. The van der Waals surface area contributed by atoms with Crippen LogP contribution in [-0.4, -0.2) is 42.3 Å². The minimum Gasteiger partial charge on any atom is -0.494 e. The second kappa shape index (κ2) is 13.2. The Kier molecular flexibility index (Phi) is 9.49. The molecule has 41 heavy (non-hydrogen) atoms. The number of azide groups is 1.